The lowest BCUT2D eigenvalue weighted by Gasteiger charge is -2.10. The van der Waals surface area contributed by atoms with Gasteiger partial charge >= 0.3 is 0 Å². The van der Waals surface area contributed by atoms with Crippen LogP contribution in [0.3, 0.4) is 0 Å². The molecular formula is C23H22N2O3. The minimum Gasteiger partial charge on any atom is -0.497 e. The fourth-order valence-corrected chi connectivity index (χ4v) is 2.79. The molecule has 0 saturated heterocycles. The van der Waals surface area contributed by atoms with Crippen molar-refractivity contribution in [2.75, 3.05) is 12.4 Å². The summed E-state index contributed by atoms with van der Waals surface area (Å²) >= 11 is 0. The molecule has 0 aliphatic carbocycles. The lowest BCUT2D eigenvalue weighted by Crippen LogP contribution is -2.23. The van der Waals surface area contributed by atoms with Gasteiger partial charge in [0.25, 0.3) is 11.8 Å². The van der Waals surface area contributed by atoms with E-state index in [1.54, 1.807) is 55.6 Å². The maximum atomic E-state index is 12.5. The number of benzene rings is 3. The molecule has 3 aromatic rings. The van der Waals surface area contributed by atoms with Crippen molar-refractivity contribution in [2.45, 2.75) is 13.5 Å². The van der Waals surface area contributed by atoms with Crippen molar-refractivity contribution < 1.29 is 14.3 Å². The molecule has 3 aromatic carbocycles. The molecular weight excluding hydrogens is 352 g/mol. The number of nitrogens with one attached hydrogen (secondary N) is 2. The van der Waals surface area contributed by atoms with Crippen molar-refractivity contribution in [1.29, 1.82) is 0 Å². The molecule has 0 atom stereocenters. The Hall–Kier alpha value is -3.60. The maximum absolute atomic E-state index is 12.5. The van der Waals surface area contributed by atoms with Gasteiger partial charge in [-0.15, -0.1) is 0 Å². The molecule has 5 heteroatoms. The van der Waals surface area contributed by atoms with Crippen molar-refractivity contribution in [3.63, 3.8) is 0 Å². The van der Waals surface area contributed by atoms with Gasteiger partial charge in [0.05, 0.1) is 7.11 Å². The number of carbonyl (C=O) groups excluding carboxylic acids is 2. The van der Waals surface area contributed by atoms with Crippen LogP contribution in [0.1, 0.15) is 31.8 Å². The van der Waals surface area contributed by atoms with Crippen LogP contribution >= 0.6 is 0 Å². The van der Waals surface area contributed by atoms with Crippen molar-refractivity contribution in [3.05, 3.63) is 95.1 Å². The van der Waals surface area contributed by atoms with E-state index in [0.29, 0.717) is 29.1 Å². The van der Waals surface area contributed by atoms with Gasteiger partial charge in [-0.05, 0) is 48.4 Å². The first-order valence-corrected chi connectivity index (χ1v) is 8.95. The van der Waals surface area contributed by atoms with Crippen LogP contribution in [0.5, 0.6) is 5.75 Å². The highest BCUT2D eigenvalue weighted by molar-refractivity contribution is 6.06. The maximum Gasteiger partial charge on any atom is 0.255 e. The van der Waals surface area contributed by atoms with Gasteiger partial charge in [0.15, 0.2) is 0 Å². The predicted octanol–water partition coefficient (Wildman–Crippen LogP) is 4.19. The zero-order valence-electron chi connectivity index (χ0n) is 15.9. The minimum absolute atomic E-state index is 0.223. The van der Waals surface area contributed by atoms with Crippen molar-refractivity contribution in [1.82, 2.24) is 5.32 Å². The summed E-state index contributed by atoms with van der Waals surface area (Å²) in [5, 5.41) is 5.71. The number of hydrogen-bond acceptors (Lipinski definition) is 3. The van der Waals surface area contributed by atoms with Crippen LogP contribution in [0.2, 0.25) is 0 Å². The zero-order chi connectivity index (χ0) is 19.9. The summed E-state index contributed by atoms with van der Waals surface area (Å²) in [7, 11) is 1.57. The molecule has 3 rings (SSSR count). The summed E-state index contributed by atoms with van der Waals surface area (Å²) in [6, 6.07) is 21.6. The monoisotopic (exact) mass is 374 g/mol. The van der Waals surface area contributed by atoms with Crippen LogP contribution in [-0.4, -0.2) is 18.9 Å². The lowest BCUT2D eigenvalue weighted by atomic mass is 10.1. The van der Waals surface area contributed by atoms with Crippen LogP contribution in [0.15, 0.2) is 72.8 Å². The first-order chi connectivity index (χ1) is 13.6. The Balaban J connectivity index is 1.68. The third kappa shape index (κ3) is 4.76. The summed E-state index contributed by atoms with van der Waals surface area (Å²) in [4.78, 5) is 25.0. The fourth-order valence-electron chi connectivity index (χ4n) is 2.79. The smallest absolute Gasteiger partial charge is 0.255 e. The normalized spacial score (nSPS) is 10.2. The quantitative estimate of drug-likeness (QED) is 0.680. The van der Waals surface area contributed by atoms with Crippen molar-refractivity contribution in [2.24, 2.45) is 0 Å². The largest absolute Gasteiger partial charge is 0.497 e. The number of hydrogen-bond donors (Lipinski definition) is 2. The molecule has 0 aliphatic heterocycles. The second kappa shape index (κ2) is 8.86. The number of methoxy groups -OCH3 is 1. The Labute approximate surface area is 164 Å². The molecule has 0 aliphatic rings. The average molecular weight is 374 g/mol. The molecule has 0 radical (unpaired) electrons. The van der Waals surface area contributed by atoms with Crippen LogP contribution < -0.4 is 15.4 Å². The third-order valence-electron chi connectivity index (χ3n) is 4.42. The van der Waals surface area contributed by atoms with Gasteiger partial charge in [0.1, 0.15) is 5.75 Å². The summed E-state index contributed by atoms with van der Waals surface area (Å²) in [6.07, 6.45) is 0. The zero-order valence-corrected chi connectivity index (χ0v) is 15.9. The summed E-state index contributed by atoms with van der Waals surface area (Å²) in [6.45, 7) is 2.44. The SMILES string of the molecule is COc1cccc(NC(=O)c2cccc(C(=O)NCc3ccccc3C)c2)c1. The van der Waals surface area contributed by atoms with Gasteiger partial charge in [-0.2, -0.15) is 0 Å². The Morgan fingerprint density at radius 3 is 2.32 bits per heavy atom. The molecule has 0 unspecified atom stereocenters. The van der Waals surface area contributed by atoms with Gasteiger partial charge in [-0.3, -0.25) is 9.59 Å². The van der Waals surface area contributed by atoms with E-state index in [2.05, 4.69) is 10.6 Å². The van der Waals surface area contributed by atoms with E-state index in [1.165, 1.54) is 0 Å². The second-order valence-electron chi connectivity index (χ2n) is 6.38. The minimum atomic E-state index is -0.290. The van der Waals surface area contributed by atoms with Gasteiger partial charge in [-0.1, -0.05) is 36.4 Å². The molecule has 2 N–H and O–H groups in total. The molecule has 142 valence electrons. The predicted molar refractivity (Wildman–Crippen MR) is 110 cm³/mol. The highest BCUT2D eigenvalue weighted by atomic mass is 16.5. The van der Waals surface area contributed by atoms with Crippen molar-refractivity contribution in [3.8, 4) is 5.75 Å². The van der Waals surface area contributed by atoms with E-state index in [9.17, 15) is 9.59 Å². The van der Waals surface area contributed by atoms with Crippen LogP contribution in [0, 0.1) is 6.92 Å². The van der Waals surface area contributed by atoms with Gasteiger partial charge in [-0.25, -0.2) is 0 Å². The van der Waals surface area contributed by atoms with Crippen LogP contribution in [0.4, 0.5) is 5.69 Å². The Bertz CT molecular complexity index is 998. The molecule has 0 heterocycles. The standard InChI is InChI=1S/C23H22N2O3/c1-16-7-3-4-8-19(16)15-24-22(26)17-9-5-10-18(13-17)23(27)25-20-11-6-12-21(14-20)28-2/h3-14H,15H2,1-2H3,(H,24,26)(H,25,27). The third-order valence-corrected chi connectivity index (χ3v) is 4.42. The van der Waals surface area contributed by atoms with E-state index in [-0.39, 0.29) is 11.8 Å². The number of carbonyl (C=O) groups is 2. The second-order valence-corrected chi connectivity index (χ2v) is 6.38. The molecule has 28 heavy (non-hydrogen) atoms. The first kappa shape index (κ1) is 19.2. The number of rotatable bonds is 6. The Morgan fingerprint density at radius 2 is 1.57 bits per heavy atom. The van der Waals surface area contributed by atoms with Crippen molar-refractivity contribution >= 4 is 17.5 Å². The van der Waals surface area contributed by atoms with E-state index >= 15 is 0 Å². The molecule has 0 bridgehead atoms. The summed E-state index contributed by atoms with van der Waals surface area (Å²) in [5.74, 6) is 0.142. The average Bonchev–Trinajstić information content (AvgIpc) is 2.73. The number of anilines is 1. The summed E-state index contributed by atoms with van der Waals surface area (Å²) in [5.41, 5.74) is 3.65. The van der Waals surface area contributed by atoms with E-state index < -0.39 is 0 Å². The number of amides is 2. The Morgan fingerprint density at radius 1 is 0.857 bits per heavy atom. The molecule has 2 amide bonds. The fraction of sp³-hybridized carbons (Fsp3) is 0.130. The van der Waals surface area contributed by atoms with E-state index in [4.69, 9.17) is 4.74 Å². The summed E-state index contributed by atoms with van der Waals surface area (Å²) < 4.78 is 5.16. The van der Waals surface area contributed by atoms with Gasteiger partial charge in [0.2, 0.25) is 0 Å². The number of ether oxygens (including phenoxy) is 1. The lowest BCUT2D eigenvalue weighted by molar-refractivity contribution is 0.0951. The molecule has 0 fully saturated rings. The van der Waals surface area contributed by atoms with Gasteiger partial charge < -0.3 is 15.4 Å². The van der Waals surface area contributed by atoms with Gasteiger partial charge in [0, 0.05) is 29.4 Å². The molecule has 5 nitrogen and oxygen atoms in total. The molecule has 0 saturated carbocycles. The molecule has 0 aromatic heterocycles. The topological polar surface area (TPSA) is 67.4 Å². The van der Waals surface area contributed by atoms with Crippen LogP contribution in [-0.2, 0) is 6.54 Å². The van der Waals surface area contributed by atoms with Crippen LogP contribution in [0.25, 0.3) is 0 Å². The Kier molecular flexibility index (Phi) is 6.07. The highest BCUT2D eigenvalue weighted by Gasteiger charge is 2.11. The highest BCUT2D eigenvalue weighted by Crippen LogP contribution is 2.18. The first-order valence-electron chi connectivity index (χ1n) is 8.95. The molecule has 0 spiro atoms. The van der Waals surface area contributed by atoms with E-state index in [1.807, 2.05) is 31.2 Å². The number of aryl methyl sites for hydroxylation is 1. The van der Waals surface area contributed by atoms with E-state index in [0.717, 1.165) is 11.1 Å².